The van der Waals surface area contributed by atoms with Crippen LogP contribution in [-0.4, -0.2) is 29.7 Å². The summed E-state index contributed by atoms with van der Waals surface area (Å²) in [5.41, 5.74) is 0.827. The molecule has 142 valence electrons. The summed E-state index contributed by atoms with van der Waals surface area (Å²) >= 11 is 7.77. The molecule has 0 atom stereocenters. The third-order valence-electron chi connectivity index (χ3n) is 4.07. The van der Waals surface area contributed by atoms with Crippen LogP contribution in [0, 0.1) is 0 Å². The fourth-order valence-electron chi connectivity index (χ4n) is 2.51. The largest absolute Gasteiger partial charge is 0.356 e. The second-order valence-electron chi connectivity index (χ2n) is 6.66. The van der Waals surface area contributed by atoms with Crippen LogP contribution < -0.4 is 10.6 Å². The van der Waals surface area contributed by atoms with Crippen LogP contribution in [0.3, 0.4) is 0 Å². The lowest BCUT2D eigenvalue weighted by atomic mass is 9.91. The molecule has 0 unspecified atom stereocenters. The van der Waals surface area contributed by atoms with Crippen LogP contribution in [0.1, 0.15) is 24.6 Å². The van der Waals surface area contributed by atoms with Crippen LogP contribution in [-0.2, 0) is 12.0 Å². The van der Waals surface area contributed by atoms with E-state index in [1.165, 1.54) is 4.88 Å². The summed E-state index contributed by atoms with van der Waals surface area (Å²) in [7, 11) is 1.73. The number of hydrogen-bond acceptors (Lipinski definition) is 5. The Bertz CT molecular complexity index is 904. The fourth-order valence-corrected chi connectivity index (χ4v) is 3.55. The average molecular weight is 404 g/mol. The van der Waals surface area contributed by atoms with Crippen molar-refractivity contribution in [2.45, 2.75) is 25.8 Å². The maximum Gasteiger partial charge on any atom is 0.246 e. The highest BCUT2D eigenvalue weighted by molar-refractivity contribution is 7.10. The van der Waals surface area contributed by atoms with Crippen molar-refractivity contribution in [3.8, 4) is 11.4 Å². The Hall–Kier alpha value is -2.38. The van der Waals surface area contributed by atoms with E-state index in [0.717, 1.165) is 12.1 Å². The second-order valence-corrected chi connectivity index (χ2v) is 8.05. The lowest BCUT2D eigenvalue weighted by molar-refractivity contribution is 0.375. The molecule has 0 aliphatic carbocycles. The fraction of sp³-hybridized carbons (Fsp3) is 0.316. The summed E-state index contributed by atoms with van der Waals surface area (Å²) in [6.07, 6.45) is 0. The number of thiophene rings is 1. The molecule has 27 heavy (non-hydrogen) atoms. The van der Waals surface area contributed by atoms with Gasteiger partial charge in [0.15, 0.2) is 5.96 Å². The SMILES string of the molecule is CN=C(NCc1nc(-c2cccc(Cl)c2)no1)NCC(C)(C)c1cccs1. The van der Waals surface area contributed by atoms with Gasteiger partial charge in [-0.25, -0.2) is 0 Å². The Kier molecular flexibility index (Phi) is 6.13. The number of nitrogens with one attached hydrogen (secondary N) is 2. The van der Waals surface area contributed by atoms with Crippen molar-refractivity contribution in [2.24, 2.45) is 4.99 Å². The number of aliphatic imine (C=N–C) groups is 1. The van der Waals surface area contributed by atoms with Gasteiger partial charge in [-0.2, -0.15) is 4.98 Å². The third kappa shape index (κ3) is 5.08. The normalized spacial score (nSPS) is 12.2. The lowest BCUT2D eigenvalue weighted by Crippen LogP contribution is -2.43. The van der Waals surface area contributed by atoms with E-state index in [-0.39, 0.29) is 5.41 Å². The molecule has 0 radical (unpaired) electrons. The average Bonchev–Trinajstić information content (AvgIpc) is 3.34. The van der Waals surface area contributed by atoms with Gasteiger partial charge in [-0.3, -0.25) is 4.99 Å². The molecule has 0 aliphatic heterocycles. The summed E-state index contributed by atoms with van der Waals surface area (Å²) in [5.74, 6) is 1.67. The number of nitrogens with zero attached hydrogens (tertiary/aromatic N) is 3. The van der Waals surface area contributed by atoms with E-state index in [2.05, 4.69) is 57.1 Å². The van der Waals surface area contributed by atoms with Crippen LogP contribution >= 0.6 is 22.9 Å². The van der Waals surface area contributed by atoms with Gasteiger partial charge in [0.25, 0.3) is 0 Å². The molecule has 0 fully saturated rings. The molecule has 3 aromatic rings. The number of rotatable bonds is 6. The van der Waals surface area contributed by atoms with E-state index in [0.29, 0.717) is 29.2 Å². The highest BCUT2D eigenvalue weighted by Gasteiger charge is 2.22. The van der Waals surface area contributed by atoms with E-state index < -0.39 is 0 Å². The summed E-state index contributed by atoms with van der Waals surface area (Å²) in [6.45, 7) is 5.54. The van der Waals surface area contributed by atoms with E-state index >= 15 is 0 Å². The summed E-state index contributed by atoms with van der Waals surface area (Å²) in [5, 5.41) is 13.3. The van der Waals surface area contributed by atoms with E-state index in [1.807, 2.05) is 12.1 Å². The minimum atomic E-state index is 0.00994. The van der Waals surface area contributed by atoms with Gasteiger partial charge in [-0.05, 0) is 23.6 Å². The molecule has 1 aromatic carbocycles. The quantitative estimate of drug-likeness (QED) is 0.478. The maximum absolute atomic E-state index is 6.01. The predicted molar refractivity (Wildman–Crippen MR) is 110 cm³/mol. The van der Waals surface area contributed by atoms with Crippen molar-refractivity contribution in [1.82, 2.24) is 20.8 Å². The Morgan fingerprint density at radius 3 is 2.81 bits per heavy atom. The predicted octanol–water partition coefficient (Wildman–Crippen LogP) is 4.09. The molecule has 2 heterocycles. The molecular formula is C19H22ClN5OS. The van der Waals surface area contributed by atoms with Crippen molar-refractivity contribution in [3.05, 3.63) is 57.6 Å². The zero-order chi connectivity index (χ0) is 19.3. The Labute approximate surface area is 167 Å². The van der Waals surface area contributed by atoms with Crippen molar-refractivity contribution >= 4 is 28.9 Å². The van der Waals surface area contributed by atoms with Gasteiger partial charge in [0, 0.05) is 34.5 Å². The molecule has 3 rings (SSSR count). The highest BCUT2D eigenvalue weighted by Crippen LogP contribution is 2.26. The summed E-state index contributed by atoms with van der Waals surface area (Å²) in [4.78, 5) is 9.98. The molecule has 2 aromatic heterocycles. The zero-order valence-corrected chi connectivity index (χ0v) is 17.1. The first kappa shape index (κ1) is 19.4. The summed E-state index contributed by atoms with van der Waals surface area (Å²) in [6, 6.07) is 11.6. The summed E-state index contributed by atoms with van der Waals surface area (Å²) < 4.78 is 5.31. The number of aromatic nitrogens is 2. The second kappa shape index (κ2) is 8.54. The molecule has 0 aliphatic rings. The van der Waals surface area contributed by atoms with Gasteiger partial charge in [-0.1, -0.05) is 48.8 Å². The minimum absolute atomic E-state index is 0.00994. The molecule has 0 bridgehead atoms. The van der Waals surface area contributed by atoms with Crippen LogP contribution in [0.2, 0.25) is 5.02 Å². The molecule has 2 N–H and O–H groups in total. The number of hydrogen-bond donors (Lipinski definition) is 2. The van der Waals surface area contributed by atoms with Crippen LogP contribution in [0.25, 0.3) is 11.4 Å². The van der Waals surface area contributed by atoms with Crippen molar-refractivity contribution in [3.63, 3.8) is 0 Å². The Morgan fingerprint density at radius 1 is 1.26 bits per heavy atom. The van der Waals surface area contributed by atoms with Gasteiger partial charge in [0.2, 0.25) is 11.7 Å². The van der Waals surface area contributed by atoms with Crippen LogP contribution in [0.15, 0.2) is 51.3 Å². The first-order valence-corrected chi connectivity index (χ1v) is 9.81. The van der Waals surface area contributed by atoms with Gasteiger partial charge in [-0.15, -0.1) is 11.3 Å². The topological polar surface area (TPSA) is 75.3 Å². The molecule has 0 spiro atoms. The number of guanidine groups is 1. The third-order valence-corrected chi connectivity index (χ3v) is 5.54. The van der Waals surface area contributed by atoms with Gasteiger partial charge in [0.05, 0.1) is 6.54 Å². The van der Waals surface area contributed by atoms with Crippen molar-refractivity contribution in [2.75, 3.05) is 13.6 Å². The number of halogens is 1. The molecular weight excluding hydrogens is 382 g/mol. The Balaban J connectivity index is 1.56. The first-order valence-electron chi connectivity index (χ1n) is 8.55. The smallest absolute Gasteiger partial charge is 0.246 e. The standard InChI is InChI=1S/C19H22ClN5OS/c1-19(2,15-8-5-9-27-15)12-23-18(21-3)22-11-16-24-17(25-26-16)13-6-4-7-14(20)10-13/h4-10H,11-12H2,1-3H3,(H2,21,22,23). The van der Waals surface area contributed by atoms with Gasteiger partial charge >= 0.3 is 0 Å². The maximum atomic E-state index is 6.01. The molecule has 0 amide bonds. The molecule has 0 saturated carbocycles. The number of benzene rings is 1. The van der Waals surface area contributed by atoms with Crippen LogP contribution in [0.4, 0.5) is 0 Å². The van der Waals surface area contributed by atoms with E-state index in [4.69, 9.17) is 16.1 Å². The van der Waals surface area contributed by atoms with E-state index in [9.17, 15) is 0 Å². The zero-order valence-electron chi connectivity index (χ0n) is 15.5. The van der Waals surface area contributed by atoms with E-state index in [1.54, 1.807) is 30.5 Å². The molecule has 0 saturated heterocycles. The highest BCUT2D eigenvalue weighted by atomic mass is 35.5. The monoisotopic (exact) mass is 403 g/mol. The first-order chi connectivity index (χ1) is 13.0. The Morgan fingerprint density at radius 2 is 2.11 bits per heavy atom. The minimum Gasteiger partial charge on any atom is -0.356 e. The van der Waals surface area contributed by atoms with Gasteiger partial charge in [0.1, 0.15) is 0 Å². The van der Waals surface area contributed by atoms with Crippen LogP contribution in [0.5, 0.6) is 0 Å². The molecule has 8 heteroatoms. The van der Waals surface area contributed by atoms with Crippen molar-refractivity contribution < 1.29 is 4.52 Å². The van der Waals surface area contributed by atoms with Crippen molar-refractivity contribution in [1.29, 1.82) is 0 Å². The lowest BCUT2D eigenvalue weighted by Gasteiger charge is -2.24. The molecule has 6 nitrogen and oxygen atoms in total. The van der Waals surface area contributed by atoms with Gasteiger partial charge < -0.3 is 15.2 Å².